The average Bonchev–Trinajstić information content (AvgIpc) is 3.11. The van der Waals surface area contributed by atoms with Gasteiger partial charge in [-0.2, -0.15) is 5.21 Å². The molecule has 0 fully saturated rings. The highest BCUT2D eigenvalue weighted by Crippen LogP contribution is 2.40. The van der Waals surface area contributed by atoms with Gasteiger partial charge in [-0.15, -0.1) is 10.2 Å². The molecule has 0 spiro atoms. The third-order valence-electron chi connectivity index (χ3n) is 3.84. The molecule has 3 heterocycles. The summed E-state index contributed by atoms with van der Waals surface area (Å²) in [5.74, 6) is 1.07. The first kappa shape index (κ1) is 15.1. The summed E-state index contributed by atoms with van der Waals surface area (Å²) in [5.41, 5.74) is 0.578. The minimum Gasteiger partial charge on any atom is -0.353 e. The second-order valence-electron chi connectivity index (χ2n) is 5.41. The van der Waals surface area contributed by atoms with E-state index in [1.807, 2.05) is 4.57 Å². The van der Waals surface area contributed by atoms with E-state index in [2.05, 4.69) is 37.8 Å². The first-order valence-electron chi connectivity index (χ1n) is 7.10. The Morgan fingerprint density at radius 2 is 2.32 bits per heavy atom. The van der Waals surface area contributed by atoms with E-state index in [0.29, 0.717) is 23.9 Å². The molecule has 2 atom stereocenters. The third-order valence-corrected chi connectivity index (χ3v) is 4.68. The summed E-state index contributed by atoms with van der Waals surface area (Å²) >= 11 is 0. The number of aromatic nitrogens is 6. The molecule has 0 saturated carbocycles. The van der Waals surface area contributed by atoms with Crippen LogP contribution in [0.2, 0.25) is 0 Å². The molecule has 2 aromatic rings. The number of imidazole rings is 1. The molecule has 3 rings (SSSR count). The Balaban J connectivity index is 1.88. The van der Waals surface area contributed by atoms with Gasteiger partial charge >= 0.3 is 7.60 Å². The fourth-order valence-corrected chi connectivity index (χ4v) is 3.32. The van der Waals surface area contributed by atoms with Gasteiger partial charge in [0.1, 0.15) is 5.69 Å². The van der Waals surface area contributed by atoms with Crippen LogP contribution in [-0.2, 0) is 4.57 Å². The Morgan fingerprint density at radius 1 is 1.50 bits per heavy atom. The maximum atomic E-state index is 11.2. The number of nitrogens with one attached hydrogen (secondary N) is 2. The number of fused-ring (bicyclic) bond motifs is 1. The van der Waals surface area contributed by atoms with Crippen molar-refractivity contribution in [1.82, 2.24) is 30.2 Å². The molecule has 11 heteroatoms. The van der Waals surface area contributed by atoms with E-state index in [9.17, 15) is 4.57 Å². The summed E-state index contributed by atoms with van der Waals surface area (Å²) in [5, 5.41) is 17.0. The summed E-state index contributed by atoms with van der Waals surface area (Å²) in [6.45, 7) is 2.07. The SMILES string of the molecule is CCC1CC(CCP(=O)(O)O)n2cc(-c3nn[nH]n3)nc2N1. The van der Waals surface area contributed by atoms with Gasteiger partial charge in [0.25, 0.3) is 0 Å². The molecule has 1 aliphatic heterocycles. The third kappa shape index (κ3) is 3.18. The molecule has 2 aromatic heterocycles. The molecule has 0 saturated heterocycles. The van der Waals surface area contributed by atoms with E-state index in [1.54, 1.807) is 6.20 Å². The molecule has 120 valence electrons. The number of hydrogen-bond acceptors (Lipinski definition) is 6. The Hall–Kier alpha value is -1.77. The summed E-state index contributed by atoms with van der Waals surface area (Å²) in [7, 11) is -4.01. The standard InChI is InChI=1S/C11H18N7O3P/c1-2-7-5-8(3-4-22(19,20)21)18-6-9(13-11(18)12-7)10-14-16-17-15-10/h6-8H,2-5H2,1H3,(H,12,13)(H2,19,20,21)(H,14,15,16,17). The average molecular weight is 327 g/mol. The van der Waals surface area contributed by atoms with Crippen LogP contribution in [0.1, 0.15) is 32.2 Å². The van der Waals surface area contributed by atoms with Crippen LogP contribution in [-0.4, -0.2) is 52.2 Å². The number of hydrogen-bond donors (Lipinski definition) is 4. The van der Waals surface area contributed by atoms with Gasteiger partial charge in [-0.3, -0.25) is 4.57 Å². The fourth-order valence-electron chi connectivity index (χ4n) is 2.68. The summed E-state index contributed by atoms with van der Waals surface area (Å²) in [4.78, 5) is 22.7. The Bertz CT molecular complexity index is 680. The second kappa shape index (κ2) is 5.79. The number of tetrazole rings is 1. The topological polar surface area (TPSA) is 142 Å². The molecule has 0 bridgehead atoms. The maximum Gasteiger partial charge on any atom is 0.325 e. The van der Waals surface area contributed by atoms with Crippen molar-refractivity contribution in [3.8, 4) is 11.5 Å². The lowest BCUT2D eigenvalue weighted by molar-refractivity contribution is 0.350. The minimum atomic E-state index is -4.01. The molecule has 1 aliphatic rings. The van der Waals surface area contributed by atoms with Crippen LogP contribution in [0.25, 0.3) is 11.5 Å². The van der Waals surface area contributed by atoms with Crippen LogP contribution in [0.5, 0.6) is 0 Å². The minimum absolute atomic E-state index is 0.0121. The summed E-state index contributed by atoms with van der Waals surface area (Å²) in [6.07, 6.45) is 3.77. The molecule has 22 heavy (non-hydrogen) atoms. The quantitative estimate of drug-likeness (QED) is 0.590. The molecule has 10 nitrogen and oxygen atoms in total. The summed E-state index contributed by atoms with van der Waals surface area (Å²) < 4.78 is 13.1. The first-order chi connectivity index (χ1) is 10.5. The summed E-state index contributed by atoms with van der Waals surface area (Å²) in [6, 6.07) is 0.219. The van der Waals surface area contributed by atoms with E-state index < -0.39 is 7.60 Å². The predicted octanol–water partition coefficient (Wildman–Crippen LogP) is 0.766. The van der Waals surface area contributed by atoms with Crippen molar-refractivity contribution < 1.29 is 14.4 Å². The number of nitrogens with zero attached hydrogens (tertiary/aromatic N) is 5. The first-order valence-corrected chi connectivity index (χ1v) is 8.90. The van der Waals surface area contributed by atoms with Gasteiger partial charge in [0, 0.05) is 18.3 Å². The van der Waals surface area contributed by atoms with Crippen molar-refractivity contribution in [2.75, 3.05) is 11.5 Å². The van der Waals surface area contributed by atoms with Gasteiger partial charge in [-0.25, -0.2) is 4.98 Å². The lowest BCUT2D eigenvalue weighted by Gasteiger charge is -2.32. The van der Waals surface area contributed by atoms with Crippen molar-refractivity contribution >= 4 is 13.5 Å². The second-order valence-corrected chi connectivity index (χ2v) is 7.19. The van der Waals surface area contributed by atoms with E-state index in [1.165, 1.54) is 0 Å². The largest absolute Gasteiger partial charge is 0.353 e. The van der Waals surface area contributed by atoms with Crippen LogP contribution >= 0.6 is 7.60 Å². The predicted molar refractivity (Wildman–Crippen MR) is 78.3 cm³/mol. The molecule has 0 radical (unpaired) electrons. The molecular weight excluding hydrogens is 309 g/mol. The monoisotopic (exact) mass is 327 g/mol. The van der Waals surface area contributed by atoms with E-state index >= 15 is 0 Å². The number of rotatable bonds is 5. The number of aromatic amines is 1. The molecule has 0 amide bonds. The van der Waals surface area contributed by atoms with Crippen LogP contribution in [0.3, 0.4) is 0 Å². The van der Waals surface area contributed by atoms with Gasteiger partial charge in [-0.1, -0.05) is 6.92 Å². The van der Waals surface area contributed by atoms with Crippen LogP contribution < -0.4 is 5.32 Å². The molecule has 0 aliphatic carbocycles. The van der Waals surface area contributed by atoms with Crippen molar-refractivity contribution in [1.29, 1.82) is 0 Å². The molecule has 2 unspecified atom stereocenters. The number of anilines is 1. The van der Waals surface area contributed by atoms with Gasteiger partial charge in [0.2, 0.25) is 11.8 Å². The van der Waals surface area contributed by atoms with Crippen LogP contribution in [0, 0.1) is 0 Å². The van der Waals surface area contributed by atoms with Crippen molar-refractivity contribution in [3.63, 3.8) is 0 Å². The molecule has 0 aromatic carbocycles. The van der Waals surface area contributed by atoms with Crippen molar-refractivity contribution in [2.24, 2.45) is 0 Å². The van der Waals surface area contributed by atoms with Gasteiger partial charge in [0.05, 0.1) is 6.16 Å². The zero-order chi connectivity index (χ0) is 15.7. The Labute approximate surface area is 126 Å². The Kier molecular flexibility index (Phi) is 3.98. The smallest absolute Gasteiger partial charge is 0.325 e. The van der Waals surface area contributed by atoms with Gasteiger partial charge in [-0.05, 0) is 24.5 Å². The fraction of sp³-hybridized carbons (Fsp3) is 0.636. The highest BCUT2D eigenvalue weighted by Gasteiger charge is 2.29. The maximum absolute atomic E-state index is 11.2. The zero-order valence-corrected chi connectivity index (χ0v) is 12.9. The lowest BCUT2D eigenvalue weighted by Crippen LogP contribution is -2.31. The number of H-pyrrole nitrogens is 1. The normalized spacial score (nSPS) is 21.4. The van der Waals surface area contributed by atoms with Gasteiger partial charge < -0.3 is 19.7 Å². The van der Waals surface area contributed by atoms with Crippen molar-refractivity contribution in [3.05, 3.63) is 6.20 Å². The Morgan fingerprint density at radius 3 is 2.95 bits per heavy atom. The lowest BCUT2D eigenvalue weighted by atomic mass is 10.0. The molecule has 4 N–H and O–H groups in total. The van der Waals surface area contributed by atoms with Gasteiger partial charge in [0.15, 0.2) is 0 Å². The van der Waals surface area contributed by atoms with Crippen molar-refractivity contribution in [2.45, 2.75) is 38.3 Å². The highest BCUT2D eigenvalue weighted by atomic mass is 31.2. The van der Waals surface area contributed by atoms with E-state index in [0.717, 1.165) is 12.8 Å². The van der Waals surface area contributed by atoms with Crippen LogP contribution in [0.15, 0.2) is 6.20 Å². The van der Waals surface area contributed by atoms with E-state index in [-0.39, 0.29) is 18.2 Å². The van der Waals surface area contributed by atoms with Crippen LogP contribution in [0.4, 0.5) is 5.95 Å². The highest BCUT2D eigenvalue weighted by molar-refractivity contribution is 7.51. The zero-order valence-electron chi connectivity index (χ0n) is 12.0. The molecular formula is C11H18N7O3P. The van der Waals surface area contributed by atoms with E-state index in [4.69, 9.17) is 9.79 Å².